The highest BCUT2D eigenvalue weighted by Gasteiger charge is 2.13. The number of carbonyl (C=O) groups is 2. The largest absolute Gasteiger partial charge is 0.483 e. The van der Waals surface area contributed by atoms with E-state index in [1.165, 1.54) is 11.3 Å². The van der Waals surface area contributed by atoms with Crippen LogP contribution in [0.3, 0.4) is 0 Å². The van der Waals surface area contributed by atoms with Gasteiger partial charge in [0.2, 0.25) is 11.0 Å². The van der Waals surface area contributed by atoms with Gasteiger partial charge in [-0.3, -0.25) is 14.5 Å². The lowest BCUT2D eigenvalue weighted by Gasteiger charge is -2.25. The molecule has 166 valence electrons. The minimum atomic E-state index is -0.250. The van der Waals surface area contributed by atoms with Gasteiger partial charge in [0.15, 0.2) is 0 Å². The number of ether oxygens (including phenoxy) is 1. The maximum Gasteiger partial charge on any atom is 0.290 e. The van der Waals surface area contributed by atoms with E-state index in [1.807, 2.05) is 31.2 Å². The van der Waals surface area contributed by atoms with Gasteiger partial charge in [0.1, 0.15) is 10.8 Å². The molecule has 3 aromatic rings. The van der Waals surface area contributed by atoms with Crippen LogP contribution < -0.4 is 5.32 Å². The third kappa shape index (κ3) is 6.54. The molecular weight excluding hydrogens is 420 g/mol. The number of anilines is 1. The number of rotatable bonds is 7. The Kier molecular flexibility index (Phi) is 8.44. The molecule has 1 aromatic carbocycles. The lowest BCUT2D eigenvalue weighted by molar-refractivity contribution is -0.123. The Labute approximate surface area is 183 Å². The van der Waals surface area contributed by atoms with E-state index in [4.69, 9.17) is 14.6 Å². The van der Waals surface area contributed by atoms with Gasteiger partial charge in [-0.25, -0.2) is 4.98 Å². The third-order valence-corrected chi connectivity index (χ3v) is 5.77. The summed E-state index contributed by atoms with van der Waals surface area (Å²) in [5.74, 6) is 0.850. The molecule has 1 amide bonds. The summed E-state index contributed by atoms with van der Waals surface area (Å²) < 4.78 is 7.43. The Morgan fingerprint density at radius 1 is 1.26 bits per heavy atom. The van der Waals surface area contributed by atoms with E-state index in [-0.39, 0.29) is 12.4 Å². The molecule has 4 rings (SSSR count). The number of fused-ring (bicyclic) bond motifs is 1. The van der Waals surface area contributed by atoms with Crippen LogP contribution in [0.5, 0.6) is 0 Å². The Bertz CT molecular complexity index is 999. The standard InChI is InChI=1S/C19H24N6O2S.CH2O2/c1-14-20-15-4-2-3-5-16(15)25(14)9-6-17(26)21-19-23-22-18(28-19)7-8-24-10-12-27-13-11-24;2-1-3/h2-5H,6-13H2,1H3,(H,21,23,26);1H,(H,2,3). The number of carboxylic acid groups (broad SMARTS) is 1. The molecule has 0 radical (unpaired) electrons. The van der Waals surface area contributed by atoms with Crippen molar-refractivity contribution in [3.63, 3.8) is 0 Å². The number of hydrogen-bond acceptors (Lipinski definition) is 8. The number of morpholine rings is 1. The van der Waals surface area contributed by atoms with Crippen LogP contribution in [0.25, 0.3) is 11.0 Å². The molecule has 0 bridgehead atoms. The number of amides is 1. The smallest absolute Gasteiger partial charge is 0.290 e. The van der Waals surface area contributed by atoms with Gasteiger partial charge in [0.05, 0.1) is 24.2 Å². The van der Waals surface area contributed by atoms with E-state index in [0.717, 1.165) is 61.1 Å². The first-order chi connectivity index (χ1) is 15.1. The molecular formula is C20H26N6O4S. The number of aryl methyl sites for hydroxylation is 2. The van der Waals surface area contributed by atoms with Crippen molar-refractivity contribution in [3.05, 3.63) is 35.1 Å². The van der Waals surface area contributed by atoms with Crippen molar-refractivity contribution in [2.24, 2.45) is 0 Å². The maximum atomic E-state index is 12.3. The molecule has 0 spiro atoms. The number of carbonyl (C=O) groups excluding carboxylic acids is 1. The van der Waals surface area contributed by atoms with Gasteiger partial charge < -0.3 is 19.7 Å². The first-order valence-corrected chi connectivity index (χ1v) is 10.8. The minimum Gasteiger partial charge on any atom is -0.483 e. The van der Waals surface area contributed by atoms with Gasteiger partial charge in [-0.15, -0.1) is 10.2 Å². The van der Waals surface area contributed by atoms with E-state index < -0.39 is 0 Å². The predicted octanol–water partition coefficient (Wildman–Crippen LogP) is 1.80. The number of aromatic nitrogens is 4. The van der Waals surface area contributed by atoms with Crippen molar-refractivity contribution in [3.8, 4) is 0 Å². The summed E-state index contributed by atoms with van der Waals surface area (Å²) in [5.41, 5.74) is 2.00. The molecule has 2 aromatic heterocycles. The molecule has 31 heavy (non-hydrogen) atoms. The second-order valence-electron chi connectivity index (χ2n) is 6.91. The number of para-hydroxylation sites is 2. The lowest BCUT2D eigenvalue weighted by atomic mass is 10.3. The SMILES string of the molecule is Cc1nc2ccccc2n1CCC(=O)Nc1nnc(CCN2CCOCC2)s1.O=CO. The Morgan fingerprint density at radius 3 is 2.77 bits per heavy atom. The van der Waals surface area contributed by atoms with Gasteiger partial charge >= 0.3 is 0 Å². The first-order valence-electron chi connectivity index (χ1n) is 10.0. The van der Waals surface area contributed by atoms with Crippen LogP contribution in [-0.4, -0.2) is 75.0 Å². The van der Waals surface area contributed by atoms with Crippen LogP contribution in [0.15, 0.2) is 24.3 Å². The molecule has 1 fully saturated rings. The Hall–Kier alpha value is -2.89. The second-order valence-corrected chi connectivity index (χ2v) is 7.97. The van der Waals surface area contributed by atoms with Crippen molar-refractivity contribution in [2.45, 2.75) is 26.3 Å². The van der Waals surface area contributed by atoms with Gasteiger partial charge in [-0.1, -0.05) is 23.5 Å². The molecule has 0 aliphatic carbocycles. The van der Waals surface area contributed by atoms with Gasteiger partial charge in [-0.05, 0) is 19.1 Å². The quantitative estimate of drug-likeness (QED) is 0.527. The molecule has 1 aliphatic rings. The predicted molar refractivity (Wildman–Crippen MR) is 117 cm³/mol. The number of benzene rings is 1. The van der Waals surface area contributed by atoms with Crippen LogP contribution in [0.1, 0.15) is 17.3 Å². The highest BCUT2D eigenvalue weighted by Crippen LogP contribution is 2.18. The molecule has 2 N–H and O–H groups in total. The van der Waals surface area contributed by atoms with Crippen LogP contribution in [-0.2, 0) is 27.3 Å². The van der Waals surface area contributed by atoms with Gasteiger partial charge in [0.25, 0.3) is 6.47 Å². The zero-order chi connectivity index (χ0) is 22.1. The van der Waals surface area contributed by atoms with Crippen molar-refractivity contribution in [1.29, 1.82) is 0 Å². The summed E-state index contributed by atoms with van der Waals surface area (Å²) in [6, 6.07) is 7.97. The van der Waals surface area contributed by atoms with E-state index in [2.05, 4.69) is 30.0 Å². The van der Waals surface area contributed by atoms with E-state index in [1.54, 1.807) is 0 Å². The number of imidazole rings is 1. The lowest BCUT2D eigenvalue weighted by Crippen LogP contribution is -2.37. The van der Waals surface area contributed by atoms with Crippen molar-refractivity contribution in [2.75, 3.05) is 38.2 Å². The zero-order valence-electron chi connectivity index (χ0n) is 17.4. The third-order valence-electron chi connectivity index (χ3n) is 4.87. The average molecular weight is 447 g/mol. The first kappa shape index (κ1) is 22.8. The zero-order valence-corrected chi connectivity index (χ0v) is 18.2. The Morgan fingerprint density at radius 2 is 2.00 bits per heavy atom. The van der Waals surface area contributed by atoms with Crippen molar-refractivity contribution in [1.82, 2.24) is 24.6 Å². The topological polar surface area (TPSA) is 122 Å². The number of hydrogen-bond donors (Lipinski definition) is 2. The van der Waals surface area contributed by atoms with Crippen LogP contribution >= 0.6 is 11.3 Å². The second kappa shape index (κ2) is 11.5. The van der Waals surface area contributed by atoms with Gasteiger partial charge in [-0.2, -0.15) is 0 Å². The molecule has 0 atom stereocenters. The normalized spacial score (nSPS) is 14.1. The van der Waals surface area contributed by atoms with E-state index in [0.29, 0.717) is 18.1 Å². The summed E-state index contributed by atoms with van der Waals surface area (Å²) in [5, 5.41) is 19.6. The summed E-state index contributed by atoms with van der Waals surface area (Å²) in [6.45, 7) is 6.75. The maximum absolute atomic E-state index is 12.3. The fourth-order valence-corrected chi connectivity index (χ4v) is 4.10. The Balaban J connectivity index is 0.000000858. The molecule has 11 heteroatoms. The van der Waals surface area contributed by atoms with Crippen LogP contribution in [0, 0.1) is 6.92 Å². The molecule has 0 unspecified atom stereocenters. The van der Waals surface area contributed by atoms with Crippen molar-refractivity contribution >= 4 is 39.9 Å². The van der Waals surface area contributed by atoms with E-state index in [9.17, 15) is 4.79 Å². The number of nitrogens with one attached hydrogen (secondary N) is 1. The summed E-state index contributed by atoms with van der Waals surface area (Å²) >= 11 is 1.45. The van der Waals surface area contributed by atoms with E-state index >= 15 is 0 Å². The van der Waals surface area contributed by atoms with Crippen LogP contribution in [0.4, 0.5) is 5.13 Å². The minimum absolute atomic E-state index is 0.0620. The molecule has 10 nitrogen and oxygen atoms in total. The monoisotopic (exact) mass is 446 g/mol. The fraction of sp³-hybridized carbons (Fsp3) is 0.450. The highest BCUT2D eigenvalue weighted by atomic mass is 32.1. The summed E-state index contributed by atoms with van der Waals surface area (Å²) in [7, 11) is 0. The summed E-state index contributed by atoms with van der Waals surface area (Å²) in [6.07, 6.45) is 1.21. The fourth-order valence-electron chi connectivity index (χ4n) is 3.36. The van der Waals surface area contributed by atoms with Crippen molar-refractivity contribution < 1.29 is 19.4 Å². The average Bonchev–Trinajstić information content (AvgIpc) is 3.35. The number of nitrogens with zero attached hydrogens (tertiary/aromatic N) is 5. The molecule has 1 aliphatic heterocycles. The highest BCUT2D eigenvalue weighted by molar-refractivity contribution is 7.15. The summed E-state index contributed by atoms with van der Waals surface area (Å²) in [4.78, 5) is 27.6. The van der Waals surface area contributed by atoms with Gasteiger partial charge in [0, 0.05) is 39.0 Å². The molecule has 1 saturated heterocycles. The molecule has 0 saturated carbocycles. The van der Waals surface area contributed by atoms with Crippen LogP contribution in [0.2, 0.25) is 0 Å². The molecule has 3 heterocycles.